The number of benzene rings is 1. The van der Waals surface area contributed by atoms with Crippen molar-refractivity contribution in [1.82, 2.24) is 0 Å². The van der Waals surface area contributed by atoms with Gasteiger partial charge in [-0.3, -0.25) is 14.9 Å². The van der Waals surface area contributed by atoms with Crippen LogP contribution < -0.4 is 10.6 Å². The molecular weight excluding hydrogens is 351 g/mol. The highest BCUT2D eigenvalue weighted by atomic mass is 19.4. The third kappa shape index (κ3) is 4.94. The average molecular weight is 374 g/mol. The summed E-state index contributed by atoms with van der Waals surface area (Å²) in [6.45, 7) is 3.76. The molecule has 0 saturated heterocycles. The number of nitro benzene ring substituents is 1. The Labute approximate surface area is 149 Å². The number of nitrogens with two attached hydrogens (primary N) is 1. The molecule has 1 aliphatic rings. The monoisotopic (exact) mass is 374 g/mol. The summed E-state index contributed by atoms with van der Waals surface area (Å²) in [5.41, 5.74) is -2.37. The molecule has 0 heterocycles. The smallest absolute Gasteiger partial charge is 0.334 e. The summed E-state index contributed by atoms with van der Waals surface area (Å²) in [6.07, 6.45) is -0.510. The van der Waals surface area contributed by atoms with E-state index in [0.29, 0.717) is 12.0 Å². The molecule has 1 aromatic carbocycles. The zero-order valence-electron chi connectivity index (χ0n) is 14.7. The molecule has 9 heteroatoms. The number of quaternary nitrogens is 1. The van der Waals surface area contributed by atoms with Crippen LogP contribution in [0.5, 0.6) is 0 Å². The number of rotatable bonds is 5. The molecule has 3 N–H and O–H groups in total. The maximum atomic E-state index is 13.2. The van der Waals surface area contributed by atoms with Crippen LogP contribution >= 0.6 is 0 Å². The van der Waals surface area contributed by atoms with Crippen molar-refractivity contribution in [3.05, 3.63) is 33.9 Å². The van der Waals surface area contributed by atoms with Gasteiger partial charge in [0.1, 0.15) is 0 Å². The fourth-order valence-electron chi connectivity index (χ4n) is 3.32. The second-order valence-corrected chi connectivity index (χ2v) is 6.88. The van der Waals surface area contributed by atoms with Crippen LogP contribution in [-0.2, 0) is 11.0 Å². The second kappa shape index (κ2) is 8.03. The summed E-state index contributed by atoms with van der Waals surface area (Å²) in [5, 5.41) is 14.9. The van der Waals surface area contributed by atoms with Crippen molar-refractivity contribution in [3.63, 3.8) is 0 Å². The minimum Gasteiger partial charge on any atom is -0.334 e. The lowest BCUT2D eigenvalue weighted by Crippen LogP contribution is -2.97. The van der Waals surface area contributed by atoms with Crippen LogP contribution in [0.2, 0.25) is 0 Å². The van der Waals surface area contributed by atoms with Crippen LogP contribution in [0.25, 0.3) is 0 Å². The van der Waals surface area contributed by atoms with Gasteiger partial charge in [-0.25, -0.2) is 0 Å². The van der Waals surface area contributed by atoms with Gasteiger partial charge >= 0.3 is 6.18 Å². The number of halogens is 3. The van der Waals surface area contributed by atoms with E-state index in [-0.39, 0.29) is 6.04 Å². The highest BCUT2D eigenvalue weighted by Gasteiger charge is 2.36. The normalized spacial score (nSPS) is 21.9. The number of amides is 1. The molecule has 0 aromatic heterocycles. The van der Waals surface area contributed by atoms with E-state index < -0.39 is 40.0 Å². The summed E-state index contributed by atoms with van der Waals surface area (Å²) in [4.78, 5) is 22.2. The van der Waals surface area contributed by atoms with E-state index in [1.807, 2.05) is 5.32 Å². The minimum absolute atomic E-state index is 0.267. The van der Waals surface area contributed by atoms with Crippen molar-refractivity contribution < 1.29 is 28.2 Å². The molecule has 26 heavy (non-hydrogen) atoms. The van der Waals surface area contributed by atoms with Crippen LogP contribution in [0.4, 0.5) is 24.5 Å². The molecule has 2 rings (SSSR count). The molecule has 1 amide bonds. The number of hydrogen-bond donors (Lipinski definition) is 2. The van der Waals surface area contributed by atoms with Crippen molar-refractivity contribution >= 4 is 17.3 Å². The SMILES string of the molecule is C[C@H]([NH2+][C@H]1CCCC[C@H]1C)C(=O)Nc1ccc([N+](=O)[O-])cc1C(F)(F)F. The van der Waals surface area contributed by atoms with E-state index in [2.05, 4.69) is 12.2 Å². The average Bonchev–Trinajstić information content (AvgIpc) is 2.56. The topological polar surface area (TPSA) is 88.8 Å². The van der Waals surface area contributed by atoms with E-state index in [9.17, 15) is 28.1 Å². The van der Waals surface area contributed by atoms with Crippen molar-refractivity contribution in [3.8, 4) is 0 Å². The first-order valence-electron chi connectivity index (χ1n) is 8.61. The lowest BCUT2D eigenvalue weighted by molar-refractivity contribution is -0.714. The van der Waals surface area contributed by atoms with Crippen molar-refractivity contribution in [2.45, 2.75) is 57.8 Å². The predicted molar refractivity (Wildman–Crippen MR) is 89.5 cm³/mol. The van der Waals surface area contributed by atoms with Gasteiger partial charge in [-0.05, 0) is 32.3 Å². The standard InChI is InChI=1S/C17H22F3N3O3/c1-10-5-3-4-6-14(10)21-11(2)16(24)22-15-8-7-12(23(25)26)9-13(15)17(18,19)20/h7-11,14,21H,3-6H2,1-2H3,(H,22,24)/p+1/t10-,11+,14+/m1/s1. The lowest BCUT2D eigenvalue weighted by Gasteiger charge is -2.28. The van der Waals surface area contributed by atoms with E-state index >= 15 is 0 Å². The first-order chi connectivity index (χ1) is 12.1. The van der Waals surface area contributed by atoms with Crippen LogP contribution in [0, 0.1) is 16.0 Å². The minimum atomic E-state index is -4.81. The molecule has 0 unspecified atom stereocenters. The van der Waals surface area contributed by atoms with Gasteiger partial charge in [-0.2, -0.15) is 13.2 Å². The second-order valence-electron chi connectivity index (χ2n) is 6.88. The van der Waals surface area contributed by atoms with Crippen LogP contribution in [0.15, 0.2) is 18.2 Å². The lowest BCUT2D eigenvalue weighted by atomic mass is 9.85. The van der Waals surface area contributed by atoms with Gasteiger partial charge in [0.15, 0.2) is 6.04 Å². The summed E-state index contributed by atoms with van der Waals surface area (Å²) < 4.78 is 39.6. The number of non-ortho nitro benzene ring substituents is 1. The quantitative estimate of drug-likeness (QED) is 0.613. The van der Waals surface area contributed by atoms with Gasteiger partial charge in [-0.1, -0.05) is 13.3 Å². The Kier molecular flexibility index (Phi) is 6.22. The van der Waals surface area contributed by atoms with Crippen molar-refractivity contribution in [1.29, 1.82) is 0 Å². The first kappa shape index (κ1) is 20.2. The van der Waals surface area contributed by atoms with Crippen LogP contribution in [-0.4, -0.2) is 22.9 Å². The zero-order valence-corrected chi connectivity index (χ0v) is 14.7. The molecule has 1 fully saturated rings. The van der Waals surface area contributed by atoms with E-state index in [0.717, 1.165) is 37.8 Å². The maximum Gasteiger partial charge on any atom is 0.418 e. The van der Waals surface area contributed by atoms with E-state index in [1.165, 1.54) is 0 Å². The first-order valence-corrected chi connectivity index (χ1v) is 8.61. The number of carbonyl (C=O) groups excluding carboxylic acids is 1. The highest BCUT2D eigenvalue weighted by molar-refractivity contribution is 5.94. The Morgan fingerprint density at radius 3 is 2.58 bits per heavy atom. The number of anilines is 1. The Morgan fingerprint density at radius 1 is 1.35 bits per heavy atom. The van der Waals surface area contributed by atoms with Gasteiger partial charge in [0.25, 0.3) is 11.6 Å². The molecule has 3 atom stereocenters. The van der Waals surface area contributed by atoms with Gasteiger partial charge in [0.2, 0.25) is 0 Å². The summed E-state index contributed by atoms with van der Waals surface area (Å²) in [5.74, 6) is -0.105. The number of alkyl halides is 3. The third-order valence-corrected chi connectivity index (χ3v) is 4.90. The number of nitrogens with one attached hydrogen (secondary N) is 1. The molecule has 144 valence electrons. The maximum absolute atomic E-state index is 13.2. The fourth-order valence-corrected chi connectivity index (χ4v) is 3.32. The Hall–Kier alpha value is -2.16. The molecular formula is C17H23F3N3O3+. The summed E-state index contributed by atoms with van der Waals surface area (Å²) in [6, 6.07) is 2.02. The molecule has 0 radical (unpaired) electrons. The largest absolute Gasteiger partial charge is 0.418 e. The fraction of sp³-hybridized carbons (Fsp3) is 0.588. The molecule has 1 saturated carbocycles. The molecule has 0 spiro atoms. The van der Waals surface area contributed by atoms with Crippen molar-refractivity contribution in [2.24, 2.45) is 5.92 Å². The molecule has 0 aliphatic heterocycles. The summed E-state index contributed by atoms with van der Waals surface area (Å²) >= 11 is 0. The van der Waals surface area contributed by atoms with Gasteiger partial charge in [0.05, 0.1) is 22.2 Å². The Morgan fingerprint density at radius 2 is 2.00 bits per heavy atom. The number of nitrogens with zero attached hydrogens (tertiary/aromatic N) is 1. The van der Waals surface area contributed by atoms with Gasteiger partial charge < -0.3 is 10.6 Å². The molecule has 0 bridgehead atoms. The van der Waals surface area contributed by atoms with Crippen LogP contribution in [0.1, 0.15) is 45.1 Å². The predicted octanol–water partition coefficient (Wildman–Crippen LogP) is 3.08. The Bertz CT molecular complexity index is 679. The zero-order chi connectivity index (χ0) is 19.5. The van der Waals surface area contributed by atoms with Gasteiger partial charge in [-0.15, -0.1) is 0 Å². The van der Waals surface area contributed by atoms with Crippen LogP contribution in [0.3, 0.4) is 0 Å². The molecule has 1 aliphatic carbocycles. The number of carbonyl (C=O) groups is 1. The van der Waals surface area contributed by atoms with Crippen molar-refractivity contribution in [2.75, 3.05) is 5.32 Å². The van der Waals surface area contributed by atoms with E-state index in [4.69, 9.17) is 0 Å². The van der Waals surface area contributed by atoms with E-state index in [1.54, 1.807) is 6.92 Å². The molecule has 6 nitrogen and oxygen atoms in total. The van der Waals surface area contributed by atoms with Gasteiger partial charge in [0, 0.05) is 18.1 Å². The number of hydrogen-bond acceptors (Lipinski definition) is 3. The molecule has 1 aromatic rings. The Balaban J connectivity index is 2.13. The summed E-state index contributed by atoms with van der Waals surface area (Å²) in [7, 11) is 0. The third-order valence-electron chi connectivity index (χ3n) is 4.90. The number of nitro groups is 1. The highest BCUT2D eigenvalue weighted by Crippen LogP contribution is 2.37.